The summed E-state index contributed by atoms with van der Waals surface area (Å²) in [6.07, 6.45) is 3.44. The smallest absolute Gasteiger partial charge is 0.464 e. The van der Waals surface area contributed by atoms with Gasteiger partial charge >= 0.3 is 7.69 Å². The van der Waals surface area contributed by atoms with Crippen molar-refractivity contribution in [3.05, 3.63) is 84.6 Å². The summed E-state index contributed by atoms with van der Waals surface area (Å²) in [5.41, 5.74) is 9.31. The van der Waals surface area contributed by atoms with Gasteiger partial charge in [0.2, 0.25) is 0 Å². The minimum absolute atomic E-state index is 0. The van der Waals surface area contributed by atoms with E-state index in [9.17, 15) is 0 Å². The van der Waals surface area contributed by atoms with E-state index in [1.165, 1.54) is 0 Å². The summed E-state index contributed by atoms with van der Waals surface area (Å²) in [5.74, 6) is 2.91. The second-order valence-corrected chi connectivity index (χ2v) is 7.32. The van der Waals surface area contributed by atoms with Crippen molar-refractivity contribution in [2.24, 2.45) is 0 Å². The topological polar surface area (TPSA) is 102 Å². The normalized spacial score (nSPS) is 10.4. The van der Waals surface area contributed by atoms with Crippen molar-refractivity contribution < 1.29 is 19.2 Å². The second-order valence-electron chi connectivity index (χ2n) is 6.44. The first kappa shape index (κ1) is 20.7. The number of para-hydroxylation sites is 1. The second kappa shape index (κ2) is 9.48. The van der Waals surface area contributed by atoms with Crippen LogP contribution in [0, 0.1) is 0 Å². The van der Waals surface area contributed by atoms with Crippen LogP contribution in [0.5, 0.6) is 11.5 Å². The zero-order valence-corrected chi connectivity index (χ0v) is 17.1. The van der Waals surface area contributed by atoms with Gasteiger partial charge in [0.15, 0.2) is 0 Å². The van der Waals surface area contributed by atoms with E-state index >= 15 is 0 Å². The maximum absolute atomic E-state index is 7.00. The number of hydrogen-bond acceptors (Lipinski definition) is 7. The average Bonchev–Trinajstić information content (AvgIpc) is 3.47. The van der Waals surface area contributed by atoms with Crippen molar-refractivity contribution in [1.82, 2.24) is 4.98 Å². The molecule has 4 N–H and O–H groups in total. The summed E-state index contributed by atoms with van der Waals surface area (Å²) in [5, 5.41) is 17.1. The molecule has 0 amide bonds. The Kier molecular flexibility index (Phi) is 6.33. The Hall–Kier alpha value is -3.59. The fourth-order valence-corrected chi connectivity index (χ4v) is 4.32. The molecule has 5 aromatic rings. The average molecular weight is 429 g/mol. The Bertz CT molecular complexity index is 1260. The van der Waals surface area contributed by atoms with Gasteiger partial charge in [-0.05, 0) is 47.3 Å². The number of fused-ring (bicyclic) bond motifs is 1. The van der Waals surface area contributed by atoms with Gasteiger partial charge in [-0.2, -0.15) is 0 Å². The molecule has 0 atom stereocenters. The van der Waals surface area contributed by atoms with Crippen molar-refractivity contribution in [2.75, 3.05) is 5.73 Å². The number of hydrogen-bond donors (Lipinski definition) is 3. The van der Waals surface area contributed by atoms with E-state index in [4.69, 9.17) is 24.9 Å². The number of thiophene rings is 1. The molecule has 0 unspecified atom stereocenters. The van der Waals surface area contributed by atoms with Crippen molar-refractivity contribution >= 4 is 34.9 Å². The molecular weight excluding hydrogens is 411 g/mol. The van der Waals surface area contributed by atoms with Crippen LogP contribution < -0.4 is 10.5 Å². The lowest BCUT2D eigenvalue weighted by molar-refractivity contribution is 0.448. The van der Waals surface area contributed by atoms with Crippen molar-refractivity contribution in [3.8, 4) is 33.9 Å². The molecule has 0 spiro atoms. The van der Waals surface area contributed by atoms with Crippen LogP contribution in [-0.2, 0) is 0 Å². The standard InChI is InChI=1S/C23H16N2O2S.BH2O2/c24-23-21-19(14-28-22(21)18(13-25-23)20-7-4-12-26-20)15-8-10-17(11-9-15)27-16-5-2-1-3-6-16;2-1-3/h1-14H,(H2,24,25);2-3H. The summed E-state index contributed by atoms with van der Waals surface area (Å²) < 4.78 is 12.5. The summed E-state index contributed by atoms with van der Waals surface area (Å²) in [6.45, 7) is 0. The summed E-state index contributed by atoms with van der Waals surface area (Å²) in [7, 11) is 0. The van der Waals surface area contributed by atoms with Crippen LogP contribution in [0.15, 0.2) is 89.0 Å². The lowest BCUT2D eigenvalue weighted by Gasteiger charge is -2.07. The van der Waals surface area contributed by atoms with Crippen LogP contribution >= 0.6 is 11.3 Å². The Morgan fingerprint density at radius 1 is 0.903 bits per heavy atom. The van der Waals surface area contributed by atoms with Crippen LogP contribution in [0.3, 0.4) is 0 Å². The minimum Gasteiger partial charge on any atom is -0.464 e. The SMILES string of the molecule is Nc1ncc(-c2ccco2)c2scc(-c3ccc(Oc4ccccc4)cc3)c12.O[B]O. The zero-order valence-electron chi connectivity index (χ0n) is 16.3. The summed E-state index contributed by atoms with van der Waals surface area (Å²) in [4.78, 5) is 4.39. The Morgan fingerprint density at radius 3 is 2.29 bits per heavy atom. The number of rotatable bonds is 4. The molecule has 153 valence electrons. The molecule has 6 nitrogen and oxygen atoms in total. The number of anilines is 1. The van der Waals surface area contributed by atoms with Gasteiger partial charge in [-0.15, -0.1) is 11.3 Å². The van der Waals surface area contributed by atoms with E-state index in [-0.39, 0.29) is 7.69 Å². The number of benzene rings is 2. The van der Waals surface area contributed by atoms with Crippen molar-refractivity contribution in [1.29, 1.82) is 0 Å². The number of ether oxygens (including phenoxy) is 1. The number of nitrogens with zero attached hydrogens (tertiary/aromatic N) is 1. The van der Waals surface area contributed by atoms with Gasteiger partial charge in [0.05, 0.1) is 16.5 Å². The van der Waals surface area contributed by atoms with E-state index in [0.29, 0.717) is 5.82 Å². The molecule has 31 heavy (non-hydrogen) atoms. The van der Waals surface area contributed by atoms with Gasteiger partial charge in [0.1, 0.15) is 23.1 Å². The number of furan rings is 1. The lowest BCUT2D eigenvalue weighted by atomic mass is 10.0. The molecule has 8 heteroatoms. The van der Waals surface area contributed by atoms with E-state index in [0.717, 1.165) is 44.0 Å². The highest BCUT2D eigenvalue weighted by molar-refractivity contribution is 7.18. The number of nitrogen functional groups attached to an aromatic ring is 1. The highest BCUT2D eigenvalue weighted by atomic mass is 32.1. The molecule has 3 aromatic heterocycles. The fourth-order valence-electron chi connectivity index (χ4n) is 3.21. The zero-order chi connectivity index (χ0) is 21.6. The largest absolute Gasteiger partial charge is 0.482 e. The maximum Gasteiger partial charge on any atom is 0.482 e. The first-order valence-electron chi connectivity index (χ1n) is 9.34. The van der Waals surface area contributed by atoms with Crippen LogP contribution in [-0.4, -0.2) is 22.7 Å². The third-order valence-corrected chi connectivity index (χ3v) is 5.57. The summed E-state index contributed by atoms with van der Waals surface area (Å²) in [6, 6.07) is 21.5. The van der Waals surface area contributed by atoms with Gasteiger partial charge < -0.3 is 24.9 Å². The predicted molar refractivity (Wildman–Crippen MR) is 124 cm³/mol. The first-order valence-corrected chi connectivity index (χ1v) is 10.2. The van der Waals surface area contributed by atoms with E-state index in [1.54, 1.807) is 23.8 Å². The molecule has 0 aliphatic rings. The molecule has 0 fully saturated rings. The highest BCUT2D eigenvalue weighted by Gasteiger charge is 2.16. The molecule has 0 bridgehead atoms. The molecule has 0 aliphatic carbocycles. The monoisotopic (exact) mass is 429 g/mol. The first-order chi connectivity index (χ1) is 15.2. The highest BCUT2D eigenvalue weighted by Crippen LogP contribution is 2.42. The van der Waals surface area contributed by atoms with Gasteiger partial charge in [-0.1, -0.05) is 30.3 Å². The maximum atomic E-state index is 7.00. The molecule has 3 heterocycles. The third-order valence-electron chi connectivity index (χ3n) is 4.56. The van der Waals surface area contributed by atoms with Crippen LogP contribution in [0.2, 0.25) is 0 Å². The van der Waals surface area contributed by atoms with Gasteiger partial charge in [-0.3, -0.25) is 0 Å². The molecule has 5 rings (SSSR count). The fraction of sp³-hybridized carbons (Fsp3) is 0. The molecule has 0 saturated carbocycles. The molecule has 0 aliphatic heterocycles. The number of nitrogens with two attached hydrogens (primary N) is 1. The van der Waals surface area contributed by atoms with E-state index < -0.39 is 0 Å². The lowest BCUT2D eigenvalue weighted by Crippen LogP contribution is -1.92. The van der Waals surface area contributed by atoms with E-state index in [2.05, 4.69) is 10.4 Å². The Morgan fingerprint density at radius 2 is 1.61 bits per heavy atom. The van der Waals surface area contributed by atoms with Gasteiger partial charge in [0, 0.05) is 17.1 Å². The van der Waals surface area contributed by atoms with Crippen LogP contribution in [0.25, 0.3) is 32.5 Å². The Balaban J connectivity index is 0.000000730. The summed E-state index contributed by atoms with van der Waals surface area (Å²) >= 11 is 1.64. The number of aromatic nitrogens is 1. The third kappa shape index (κ3) is 4.46. The van der Waals surface area contributed by atoms with Crippen LogP contribution in [0.1, 0.15) is 0 Å². The molecule has 0 saturated heterocycles. The molecular formula is C23H18BN2O4S. The molecule has 1 radical (unpaired) electrons. The van der Waals surface area contributed by atoms with Gasteiger partial charge in [-0.25, -0.2) is 4.98 Å². The predicted octanol–water partition coefficient (Wildman–Crippen LogP) is 5.10. The van der Waals surface area contributed by atoms with Crippen LogP contribution in [0.4, 0.5) is 5.82 Å². The van der Waals surface area contributed by atoms with Gasteiger partial charge in [0.25, 0.3) is 0 Å². The van der Waals surface area contributed by atoms with Crippen molar-refractivity contribution in [2.45, 2.75) is 0 Å². The quantitative estimate of drug-likeness (QED) is 0.344. The number of pyridine rings is 1. The van der Waals surface area contributed by atoms with Crippen molar-refractivity contribution in [3.63, 3.8) is 0 Å². The van der Waals surface area contributed by atoms with E-state index in [1.807, 2.05) is 66.7 Å². The minimum atomic E-state index is 0. The molecule has 2 aromatic carbocycles. The Labute approximate surface area is 183 Å².